The van der Waals surface area contributed by atoms with Gasteiger partial charge in [-0.25, -0.2) is 4.99 Å². The number of allylic oxidation sites excluding steroid dienone is 3. The number of halogens is 2. The van der Waals surface area contributed by atoms with Crippen LogP contribution in [-0.4, -0.2) is 44.0 Å². The molecule has 6 nitrogen and oxygen atoms in total. The van der Waals surface area contributed by atoms with Gasteiger partial charge in [-0.2, -0.15) is 0 Å². The van der Waals surface area contributed by atoms with Gasteiger partial charge < -0.3 is 23.8 Å². The molecule has 0 unspecified atom stereocenters. The van der Waals surface area contributed by atoms with Gasteiger partial charge in [-0.15, -0.1) is 0 Å². The van der Waals surface area contributed by atoms with Gasteiger partial charge in [0.2, 0.25) is 5.75 Å². The van der Waals surface area contributed by atoms with E-state index in [4.69, 9.17) is 19.2 Å². The number of phenolic OH excluding ortho intramolecular Hbond substituents is 1. The van der Waals surface area contributed by atoms with Crippen molar-refractivity contribution < 1.29 is 27.9 Å². The van der Waals surface area contributed by atoms with Crippen molar-refractivity contribution in [3.05, 3.63) is 94.0 Å². The van der Waals surface area contributed by atoms with E-state index in [-0.39, 0.29) is 5.75 Å². The molecule has 38 heavy (non-hydrogen) atoms. The minimum Gasteiger partial charge on any atom is -0.508 e. The van der Waals surface area contributed by atoms with E-state index >= 15 is 0 Å². The van der Waals surface area contributed by atoms with E-state index in [2.05, 4.69) is 0 Å². The molecule has 4 rings (SSSR count). The summed E-state index contributed by atoms with van der Waals surface area (Å²) in [4.78, 5) is 4.84. The van der Waals surface area contributed by atoms with E-state index in [1.165, 1.54) is 12.1 Å². The van der Waals surface area contributed by atoms with Crippen LogP contribution in [0.1, 0.15) is 35.0 Å². The van der Waals surface area contributed by atoms with Crippen LogP contribution in [0.3, 0.4) is 0 Å². The lowest BCUT2D eigenvalue weighted by molar-refractivity contribution is 0.324. The van der Waals surface area contributed by atoms with Crippen molar-refractivity contribution in [3.8, 4) is 23.0 Å². The number of ether oxygens (including phenoxy) is 3. The van der Waals surface area contributed by atoms with Crippen molar-refractivity contribution >= 4 is 24.8 Å². The molecule has 0 radical (unpaired) electrons. The summed E-state index contributed by atoms with van der Waals surface area (Å²) in [5, 5.41) is 9.84. The number of hydrogen-bond acceptors (Lipinski definition) is 5. The van der Waals surface area contributed by atoms with Gasteiger partial charge >= 0.3 is 7.40 Å². The van der Waals surface area contributed by atoms with Gasteiger partial charge in [0.15, 0.2) is 11.5 Å². The van der Waals surface area contributed by atoms with Crippen molar-refractivity contribution in [2.45, 2.75) is 20.8 Å². The number of aryl methyl sites for hydroxylation is 2. The van der Waals surface area contributed by atoms with Crippen LogP contribution in [0.25, 0.3) is 11.6 Å². The second-order valence-electron chi connectivity index (χ2n) is 8.89. The molecule has 2 aromatic carbocycles. The molecular weight excluding hydrogens is 489 g/mol. The molecule has 0 atom stereocenters. The maximum Gasteiger partial charge on any atom is 0.677 e. The van der Waals surface area contributed by atoms with Gasteiger partial charge in [0, 0.05) is 17.0 Å². The van der Waals surface area contributed by atoms with E-state index in [0.717, 1.165) is 15.6 Å². The lowest BCUT2D eigenvalue weighted by Gasteiger charge is -2.16. The molecule has 0 saturated carbocycles. The summed E-state index contributed by atoms with van der Waals surface area (Å²) in [6.45, 7) is 5.37. The Labute approximate surface area is 221 Å². The highest BCUT2D eigenvalue weighted by molar-refractivity contribution is 6.41. The molecule has 0 amide bonds. The van der Waals surface area contributed by atoms with Crippen LogP contribution in [0.5, 0.6) is 23.0 Å². The van der Waals surface area contributed by atoms with Crippen LogP contribution in [-0.2, 0) is 0 Å². The van der Waals surface area contributed by atoms with E-state index in [1.54, 1.807) is 46.5 Å². The molecule has 0 spiro atoms. The zero-order chi connectivity index (χ0) is 27.6. The largest absolute Gasteiger partial charge is 0.677 e. The maximum absolute atomic E-state index is 14.2. The third kappa shape index (κ3) is 5.09. The average Bonchev–Trinajstić information content (AvgIpc) is 3.41. The van der Waals surface area contributed by atoms with Crippen molar-refractivity contribution in [2.24, 2.45) is 4.99 Å². The zero-order valence-corrected chi connectivity index (χ0v) is 22.2. The minimum absolute atomic E-state index is 0.0893. The average molecular weight is 518 g/mol. The molecule has 3 aromatic rings. The first-order chi connectivity index (χ1) is 18.2. The summed E-state index contributed by atoms with van der Waals surface area (Å²) in [6.07, 6.45) is 5.62. The highest BCUT2D eigenvalue weighted by Crippen LogP contribution is 2.39. The highest BCUT2D eigenvalue weighted by atomic mass is 19.2. The van der Waals surface area contributed by atoms with E-state index in [9.17, 15) is 13.7 Å². The smallest absolute Gasteiger partial charge is 0.508 e. The summed E-state index contributed by atoms with van der Waals surface area (Å²) in [6, 6.07) is 11.9. The fraction of sp³-hybridized carbons (Fsp3) is 0.207. The van der Waals surface area contributed by atoms with Gasteiger partial charge in [-0.3, -0.25) is 8.63 Å². The Morgan fingerprint density at radius 3 is 2.11 bits per heavy atom. The Morgan fingerprint density at radius 2 is 1.55 bits per heavy atom. The van der Waals surface area contributed by atoms with Gasteiger partial charge in [0.1, 0.15) is 5.75 Å². The van der Waals surface area contributed by atoms with Crippen LogP contribution in [0, 0.1) is 13.8 Å². The number of aromatic nitrogens is 1. The Balaban J connectivity index is 1.86. The number of aliphatic imine (C=N–C) groups is 1. The summed E-state index contributed by atoms with van der Waals surface area (Å²) in [5.74, 6) is 1.64. The summed E-state index contributed by atoms with van der Waals surface area (Å²) >= 11 is 0. The monoisotopic (exact) mass is 518 g/mol. The first-order valence-corrected chi connectivity index (χ1v) is 11.9. The van der Waals surface area contributed by atoms with Crippen LogP contribution in [0.2, 0.25) is 0 Å². The molecule has 1 aliphatic rings. The first kappa shape index (κ1) is 26.8. The first-order valence-electron chi connectivity index (χ1n) is 11.9. The van der Waals surface area contributed by atoms with Gasteiger partial charge in [-0.05, 0) is 85.5 Å². The SMILES string of the molecule is COc1cc(/C=C\C2=NC(=C(/c3ccc(O)cc3)c3c(C)cc(C)n3B(F)F)/C(C)=C2)cc(OC)c1OC. The van der Waals surface area contributed by atoms with Gasteiger partial charge in [0.05, 0.1) is 32.7 Å². The molecule has 1 aliphatic heterocycles. The minimum atomic E-state index is -2.72. The Hall–Kier alpha value is -4.27. The predicted octanol–water partition coefficient (Wildman–Crippen LogP) is 6.48. The molecule has 1 aromatic heterocycles. The van der Waals surface area contributed by atoms with Crippen LogP contribution in [0.4, 0.5) is 8.63 Å². The number of benzene rings is 2. The molecule has 0 saturated heterocycles. The Kier molecular flexibility index (Phi) is 7.76. The van der Waals surface area contributed by atoms with Gasteiger partial charge in [0.25, 0.3) is 0 Å². The Morgan fingerprint density at radius 1 is 0.921 bits per heavy atom. The van der Waals surface area contributed by atoms with Crippen molar-refractivity contribution in [2.75, 3.05) is 21.3 Å². The fourth-order valence-corrected chi connectivity index (χ4v) is 4.66. The third-order valence-electron chi connectivity index (χ3n) is 6.36. The topological polar surface area (TPSA) is 65.2 Å². The lowest BCUT2D eigenvalue weighted by Crippen LogP contribution is -2.18. The molecule has 0 aliphatic carbocycles. The molecule has 0 bridgehead atoms. The van der Waals surface area contributed by atoms with E-state index < -0.39 is 7.40 Å². The maximum atomic E-state index is 14.2. The van der Waals surface area contributed by atoms with Crippen LogP contribution >= 0.6 is 0 Å². The van der Waals surface area contributed by atoms with Crippen LogP contribution in [0.15, 0.2) is 70.9 Å². The second kappa shape index (κ2) is 11.0. The van der Waals surface area contributed by atoms with Crippen molar-refractivity contribution in [3.63, 3.8) is 0 Å². The molecule has 1 N–H and O–H groups in total. The summed E-state index contributed by atoms with van der Waals surface area (Å²) < 4.78 is 45.7. The standard InChI is InChI=1S/C29H29BF2N2O4/c1-17-14-22(10-7-20-15-24(36-4)29(38-6)25(16-20)37-5)33-27(17)26(21-8-11-23(35)12-9-21)28-18(2)13-19(3)34(28)30(31)32/h7-16,35H,1-6H3/b10-7-,27-26-. The quantitative estimate of drug-likeness (QED) is 0.347. The number of nitrogens with zero attached hydrogens (tertiary/aromatic N) is 2. The number of rotatable bonds is 8. The highest BCUT2D eigenvalue weighted by Gasteiger charge is 2.29. The molecule has 196 valence electrons. The molecular formula is C29H29BF2N2O4. The predicted molar refractivity (Wildman–Crippen MR) is 148 cm³/mol. The third-order valence-corrected chi connectivity index (χ3v) is 6.36. The van der Waals surface area contributed by atoms with Crippen molar-refractivity contribution in [1.29, 1.82) is 0 Å². The normalized spacial score (nSPS) is 14.4. The number of aromatic hydroxyl groups is 1. The molecule has 2 heterocycles. The van der Waals surface area contributed by atoms with E-state index in [1.807, 2.05) is 44.2 Å². The summed E-state index contributed by atoms with van der Waals surface area (Å²) in [7, 11) is 1.93. The Bertz CT molecular complexity index is 1460. The lowest BCUT2D eigenvalue weighted by atomic mass is 9.94. The van der Waals surface area contributed by atoms with Crippen LogP contribution < -0.4 is 14.2 Å². The van der Waals surface area contributed by atoms with E-state index in [0.29, 0.717) is 56.7 Å². The second-order valence-corrected chi connectivity index (χ2v) is 8.89. The molecule has 9 heteroatoms. The molecule has 0 fully saturated rings. The number of hydrogen-bond donors (Lipinski definition) is 1. The van der Waals surface area contributed by atoms with Crippen molar-refractivity contribution in [1.82, 2.24) is 4.48 Å². The number of phenols is 1. The fourth-order valence-electron chi connectivity index (χ4n) is 4.66. The van der Waals surface area contributed by atoms with Gasteiger partial charge in [-0.1, -0.05) is 18.2 Å². The summed E-state index contributed by atoms with van der Waals surface area (Å²) in [5.41, 5.74) is 5.69. The number of methoxy groups -OCH3 is 3. The zero-order valence-electron chi connectivity index (χ0n) is 22.2.